The van der Waals surface area contributed by atoms with Crippen LogP contribution in [-0.2, 0) is 4.79 Å². The molecule has 0 unspecified atom stereocenters. The van der Waals surface area contributed by atoms with Crippen molar-refractivity contribution in [3.63, 3.8) is 0 Å². The van der Waals surface area contributed by atoms with E-state index in [2.05, 4.69) is 10.6 Å². The number of amides is 1. The van der Waals surface area contributed by atoms with Crippen LogP contribution in [0.2, 0.25) is 0 Å². The van der Waals surface area contributed by atoms with Crippen LogP contribution in [-0.4, -0.2) is 17.9 Å². The molecule has 0 bridgehead atoms. The molecule has 1 amide bonds. The Bertz CT molecular complexity index is 829. The number of methoxy groups -OCH3 is 1. The Morgan fingerprint density at radius 2 is 1.80 bits per heavy atom. The zero-order valence-corrected chi connectivity index (χ0v) is 14.3. The first-order chi connectivity index (χ1) is 11.7. The summed E-state index contributed by atoms with van der Waals surface area (Å²) in [5.41, 5.74) is 2.05. The number of nitro benzene ring substituents is 1. The molecule has 0 aliphatic carbocycles. The fourth-order valence-electron chi connectivity index (χ4n) is 2.54. The van der Waals surface area contributed by atoms with Crippen molar-refractivity contribution >= 4 is 28.7 Å². The maximum atomic E-state index is 14.0. The van der Waals surface area contributed by atoms with Gasteiger partial charge in [0.05, 0.1) is 12.0 Å². The van der Waals surface area contributed by atoms with Crippen molar-refractivity contribution in [1.29, 1.82) is 0 Å². The first-order valence-corrected chi connectivity index (χ1v) is 7.40. The lowest BCUT2D eigenvalue weighted by Gasteiger charge is -2.15. The Labute approximate surface area is 144 Å². The van der Waals surface area contributed by atoms with Crippen molar-refractivity contribution < 1.29 is 18.8 Å². The average molecular weight is 347 g/mol. The van der Waals surface area contributed by atoms with E-state index in [0.29, 0.717) is 11.4 Å². The van der Waals surface area contributed by atoms with Gasteiger partial charge in [-0.2, -0.15) is 4.39 Å². The van der Waals surface area contributed by atoms with Crippen LogP contribution in [0.4, 0.5) is 27.1 Å². The van der Waals surface area contributed by atoms with Gasteiger partial charge in [-0.1, -0.05) is 0 Å². The zero-order valence-electron chi connectivity index (χ0n) is 14.3. The van der Waals surface area contributed by atoms with E-state index in [0.717, 1.165) is 17.2 Å². The molecule has 0 atom stereocenters. The van der Waals surface area contributed by atoms with Crippen LogP contribution < -0.4 is 15.4 Å². The van der Waals surface area contributed by atoms with Crippen molar-refractivity contribution in [2.75, 3.05) is 17.7 Å². The van der Waals surface area contributed by atoms with Crippen LogP contribution in [0.1, 0.15) is 18.1 Å². The van der Waals surface area contributed by atoms with Crippen LogP contribution in [0, 0.1) is 29.8 Å². The van der Waals surface area contributed by atoms with E-state index in [4.69, 9.17) is 4.74 Å². The number of nitro groups is 1. The van der Waals surface area contributed by atoms with E-state index >= 15 is 0 Å². The summed E-state index contributed by atoms with van der Waals surface area (Å²) in [5.74, 6) is -1.03. The van der Waals surface area contributed by atoms with Crippen molar-refractivity contribution in [1.82, 2.24) is 0 Å². The first kappa shape index (κ1) is 18.2. The van der Waals surface area contributed by atoms with E-state index in [1.807, 2.05) is 0 Å². The molecular weight excluding hydrogens is 329 g/mol. The number of carbonyl (C=O) groups is 1. The third-order valence-corrected chi connectivity index (χ3v) is 3.57. The molecule has 0 spiro atoms. The van der Waals surface area contributed by atoms with Crippen molar-refractivity contribution in [3.05, 3.63) is 51.3 Å². The molecule has 2 aromatic rings. The summed E-state index contributed by atoms with van der Waals surface area (Å²) in [7, 11) is 1.35. The van der Waals surface area contributed by atoms with Gasteiger partial charge in [-0.05, 0) is 37.1 Å². The molecule has 2 rings (SSSR count). The lowest BCUT2D eigenvalue weighted by Crippen LogP contribution is -2.09. The Morgan fingerprint density at radius 3 is 2.28 bits per heavy atom. The Hall–Kier alpha value is -3.16. The van der Waals surface area contributed by atoms with Gasteiger partial charge in [0, 0.05) is 30.4 Å². The molecule has 132 valence electrons. The van der Waals surface area contributed by atoms with Gasteiger partial charge in [0.1, 0.15) is 11.4 Å². The number of nitrogens with zero attached hydrogens (tertiary/aromatic N) is 1. The molecule has 0 aliphatic rings. The molecular formula is C17H18FN3O4. The topological polar surface area (TPSA) is 93.5 Å². The number of benzene rings is 2. The minimum Gasteiger partial charge on any atom is -0.497 e. The minimum atomic E-state index is -0.991. The molecule has 0 aromatic heterocycles. The molecule has 0 aliphatic heterocycles. The number of hydrogen-bond acceptors (Lipinski definition) is 5. The second-order valence-electron chi connectivity index (χ2n) is 5.55. The van der Waals surface area contributed by atoms with Gasteiger partial charge in [-0.3, -0.25) is 14.9 Å². The highest BCUT2D eigenvalue weighted by molar-refractivity contribution is 5.91. The van der Waals surface area contributed by atoms with Gasteiger partial charge in [-0.25, -0.2) is 0 Å². The highest BCUT2D eigenvalue weighted by Gasteiger charge is 2.22. The molecule has 25 heavy (non-hydrogen) atoms. The summed E-state index contributed by atoms with van der Waals surface area (Å²) in [5, 5.41) is 16.8. The summed E-state index contributed by atoms with van der Waals surface area (Å²) in [6.45, 7) is 5.00. The van der Waals surface area contributed by atoms with E-state index in [1.165, 1.54) is 20.1 Å². The standard InChI is InChI=1S/C17H18FN3O4/c1-9-5-12(6-10(2)16(9)19-11(3)22)20-15-8-13(25-4)7-14(18)17(15)21(23)24/h5-8,20H,1-4H3,(H,19,22). The second kappa shape index (κ2) is 7.16. The lowest BCUT2D eigenvalue weighted by molar-refractivity contribution is -0.386. The summed E-state index contributed by atoms with van der Waals surface area (Å²) < 4.78 is 19.0. The van der Waals surface area contributed by atoms with Crippen molar-refractivity contribution in [2.24, 2.45) is 0 Å². The van der Waals surface area contributed by atoms with Crippen LogP contribution in [0.5, 0.6) is 5.75 Å². The summed E-state index contributed by atoms with van der Waals surface area (Å²) in [6.07, 6.45) is 0. The number of carbonyl (C=O) groups excluding carboxylic acids is 1. The SMILES string of the molecule is COc1cc(F)c([N+](=O)[O-])c(Nc2cc(C)c(NC(C)=O)c(C)c2)c1. The smallest absolute Gasteiger partial charge is 0.328 e. The van der Waals surface area contributed by atoms with Gasteiger partial charge < -0.3 is 15.4 Å². The molecule has 0 radical (unpaired) electrons. The number of ether oxygens (including phenoxy) is 1. The maximum Gasteiger partial charge on any atom is 0.328 e. The highest BCUT2D eigenvalue weighted by Crippen LogP contribution is 2.35. The largest absolute Gasteiger partial charge is 0.497 e. The third kappa shape index (κ3) is 4.03. The van der Waals surface area contributed by atoms with E-state index in [1.54, 1.807) is 26.0 Å². The van der Waals surface area contributed by atoms with E-state index in [-0.39, 0.29) is 17.3 Å². The molecule has 0 saturated carbocycles. The fourth-order valence-corrected chi connectivity index (χ4v) is 2.54. The monoisotopic (exact) mass is 347 g/mol. The Morgan fingerprint density at radius 1 is 1.20 bits per heavy atom. The number of anilines is 3. The summed E-state index contributed by atoms with van der Waals surface area (Å²) >= 11 is 0. The number of hydrogen-bond donors (Lipinski definition) is 2. The number of halogens is 1. The van der Waals surface area contributed by atoms with Gasteiger partial charge >= 0.3 is 5.69 Å². The Kier molecular flexibility index (Phi) is 5.21. The predicted octanol–water partition coefficient (Wildman–Crippen LogP) is 4.06. The molecule has 2 N–H and O–H groups in total. The normalized spacial score (nSPS) is 10.3. The van der Waals surface area contributed by atoms with Crippen LogP contribution in [0.3, 0.4) is 0 Å². The first-order valence-electron chi connectivity index (χ1n) is 7.40. The summed E-state index contributed by atoms with van der Waals surface area (Å²) in [4.78, 5) is 21.7. The third-order valence-electron chi connectivity index (χ3n) is 3.57. The predicted molar refractivity (Wildman–Crippen MR) is 93.1 cm³/mol. The number of nitrogens with one attached hydrogen (secondary N) is 2. The van der Waals surface area contributed by atoms with Crippen molar-refractivity contribution in [2.45, 2.75) is 20.8 Å². The highest BCUT2D eigenvalue weighted by atomic mass is 19.1. The average Bonchev–Trinajstić information content (AvgIpc) is 2.49. The molecule has 8 heteroatoms. The van der Waals surface area contributed by atoms with E-state index < -0.39 is 16.4 Å². The maximum absolute atomic E-state index is 14.0. The second-order valence-corrected chi connectivity index (χ2v) is 5.55. The minimum absolute atomic E-state index is 0.0204. The molecule has 0 saturated heterocycles. The van der Waals surface area contributed by atoms with Crippen LogP contribution >= 0.6 is 0 Å². The molecule has 7 nitrogen and oxygen atoms in total. The fraction of sp³-hybridized carbons (Fsp3) is 0.235. The molecule has 0 heterocycles. The van der Waals surface area contributed by atoms with Gasteiger partial charge in [0.25, 0.3) is 0 Å². The Balaban J connectivity index is 2.48. The van der Waals surface area contributed by atoms with E-state index in [9.17, 15) is 19.3 Å². The summed E-state index contributed by atoms with van der Waals surface area (Å²) in [6, 6.07) is 5.73. The van der Waals surface area contributed by atoms with Crippen molar-refractivity contribution in [3.8, 4) is 5.75 Å². The number of rotatable bonds is 5. The lowest BCUT2D eigenvalue weighted by atomic mass is 10.1. The number of aryl methyl sites for hydroxylation is 2. The molecule has 0 fully saturated rings. The van der Waals surface area contributed by atoms with Crippen LogP contribution in [0.25, 0.3) is 0 Å². The van der Waals surface area contributed by atoms with Gasteiger partial charge in [0.2, 0.25) is 11.7 Å². The zero-order chi connectivity index (χ0) is 18.7. The van der Waals surface area contributed by atoms with Crippen LogP contribution in [0.15, 0.2) is 24.3 Å². The van der Waals surface area contributed by atoms with Gasteiger partial charge in [-0.15, -0.1) is 0 Å². The quantitative estimate of drug-likeness (QED) is 0.628. The molecule has 2 aromatic carbocycles. The van der Waals surface area contributed by atoms with Gasteiger partial charge in [0.15, 0.2) is 0 Å².